The minimum Gasteiger partial charge on any atom is -0.481 e. The maximum Gasteiger partial charge on any atom is 0.303 e. The van der Waals surface area contributed by atoms with E-state index in [1.165, 1.54) is 0 Å². The van der Waals surface area contributed by atoms with E-state index in [-0.39, 0.29) is 34.9 Å². The molecule has 6 atom stereocenters. The van der Waals surface area contributed by atoms with Gasteiger partial charge in [-0.05, 0) is 89.9 Å². The number of aliphatic hydroxyl groups is 1. The van der Waals surface area contributed by atoms with E-state index in [2.05, 4.69) is 27.0 Å². The minimum absolute atomic E-state index is 0.00722. The molecule has 0 radical (unpaired) electrons. The predicted octanol–water partition coefficient (Wildman–Crippen LogP) is 4.45. The van der Waals surface area contributed by atoms with Crippen molar-refractivity contribution in [3.8, 4) is 0 Å². The zero-order chi connectivity index (χ0) is 20.5. The monoisotopic (exact) mass is 384 g/mol. The standard InChI is InChI=1S/C24H32O4/c1-14-15(2)21-17(22(3)9-5-16(25)13-19(14)22)6-10-23(4)18(21)7-11-24(23,28)12-8-20(26)27/h13,17-18,21,28H,1-2,5-12H2,3-4H3,(H,26,27)/t17-,18-,21+,22+,23-,24-/m0/s1. The lowest BCUT2D eigenvalue weighted by Gasteiger charge is -2.60. The number of carbonyl (C=O) groups is 2. The first-order valence-corrected chi connectivity index (χ1v) is 10.6. The van der Waals surface area contributed by atoms with E-state index in [9.17, 15) is 14.7 Å². The first-order chi connectivity index (χ1) is 13.0. The van der Waals surface area contributed by atoms with Crippen LogP contribution in [0.1, 0.15) is 65.2 Å². The number of hydrogen-bond acceptors (Lipinski definition) is 3. The molecular formula is C24H32O4. The topological polar surface area (TPSA) is 74.6 Å². The van der Waals surface area contributed by atoms with Gasteiger partial charge in [0.2, 0.25) is 0 Å². The molecule has 2 N–H and O–H groups in total. The van der Waals surface area contributed by atoms with Crippen molar-refractivity contribution in [3.05, 3.63) is 36.0 Å². The quantitative estimate of drug-likeness (QED) is 0.754. The Labute approximate surface area is 167 Å². The molecule has 4 aliphatic rings. The van der Waals surface area contributed by atoms with Crippen LogP contribution >= 0.6 is 0 Å². The van der Waals surface area contributed by atoms with Crippen molar-refractivity contribution in [2.75, 3.05) is 0 Å². The lowest BCUT2D eigenvalue weighted by Crippen LogP contribution is -2.55. The van der Waals surface area contributed by atoms with Gasteiger partial charge in [-0.1, -0.05) is 27.0 Å². The molecule has 3 fully saturated rings. The first-order valence-electron chi connectivity index (χ1n) is 10.6. The van der Waals surface area contributed by atoms with Gasteiger partial charge < -0.3 is 10.2 Å². The first kappa shape index (κ1) is 19.6. The molecule has 4 nitrogen and oxygen atoms in total. The Morgan fingerprint density at radius 3 is 2.54 bits per heavy atom. The van der Waals surface area contributed by atoms with Crippen LogP contribution in [-0.2, 0) is 9.59 Å². The Kier molecular flexibility index (Phi) is 4.32. The van der Waals surface area contributed by atoms with Gasteiger partial charge in [-0.15, -0.1) is 0 Å². The summed E-state index contributed by atoms with van der Waals surface area (Å²) < 4.78 is 0. The van der Waals surface area contributed by atoms with Gasteiger partial charge in [0.05, 0.1) is 5.60 Å². The van der Waals surface area contributed by atoms with Crippen molar-refractivity contribution in [1.29, 1.82) is 0 Å². The maximum atomic E-state index is 12.1. The second kappa shape index (κ2) is 6.16. The van der Waals surface area contributed by atoms with Crippen LogP contribution in [0.25, 0.3) is 0 Å². The lowest BCUT2D eigenvalue weighted by atomic mass is 9.44. The van der Waals surface area contributed by atoms with Crippen LogP contribution < -0.4 is 0 Å². The lowest BCUT2D eigenvalue weighted by molar-refractivity contribution is -0.144. The summed E-state index contributed by atoms with van der Waals surface area (Å²) in [5.41, 5.74) is 1.75. The van der Waals surface area contributed by atoms with Crippen molar-refractivity contribution >= 4 is 11.8 Å². The number of carbonyl (C=O) groups excluding carboxylic acids is 1. The van der Waals surface area contributed by atoms with E-state index < -0.39 is 11.6 Å². The third-order valence-electron chi connectivity index (χ3n) is 9.09. The number of allylic oxidation sites excluding steroid dienone is 3. The Morgan fingerprint density at radius 2 is 1.86 bits per heavy atom. The van der Waals surface area contributed by atoms with Crippen LogP contribution in [0.4, 0.5) is 0 Å². The highest BCUT2D eigenvalue weighted by Crippen LogP contribution is 2.69. The fourth-order valence-corrected chi connectivity index (χ4v) is 7.28. The second-order valence-electron chi connectivity index (χ2n) is 10.1. The number of rotatable bonds is 3. The van der Waals surface area contributed by atoms with Crippen molar-refractivity contribution in [2.24, 2.45) is 28.6 Å². The molecule has 0 heterocycles. The number of hydrogen-bond donors (Lipinski definition) is 2. The van der Waals surface area contributed by atoms with Crippen molar-refractivity contribution < 1.29 is 19.8 Å². The van der Waals surface area contributed by atoms with Crippen LogP contribution in [0.5, 0.6) is 0 Å². The summed E-state index contributed by atoms with van der Waals surface area (Å²) in [5, 5.41) is 20.6. The van der Waals surface area contributed by atoms with Gasteiger partial charge in [-0.3, -0.25) is 9.59 Å². The maximum absolute atomic E-state index is 12.1. The summed E-state index contributed by atoms with van der Waals surface area (Å²) in [7, 11) is 0. The third kappa shape index (κ3) is 2.46. The molecule has 0 spiro atoms. The largest absolute Gasteiger partial charge is 0.481 e. The molecular weight excluding hydrogens is 352 g/mol. The molecule has 0 aliphatic heterocycles. The minimum atomic E-state index is -0.928. The van der Waals surface area contributed by atoms with Gasteiger partial charge in [0.15, 0.2) is 5.78 Å². The fourth-order valence-electron chi connectivity index (χ4n) is 7.28. The highest BCUT2D eigenvalue weighted by atomic mass is 16.4. The zero-order valence-electron chi connectivity index (χ0n) is 17.1. The Balaban J connectivity index is 1.72. The molecule has 4 rings (SSSR count). The fraction of sp³-hybridized carbons (Fsp3) is 0.667. The normalized spacial score (nSPS) is 45.2. The van der Waals surface area contributed by atoms with E-state index >= 15 is 0 Å². The summed E-state index contributed by atoms with van der Waals surface area (Å²) in [6.45, 7) is 13.2. The van der Waals surface area contributed by atoms with Crippen molar-refractivity contribution in [2.45, 2.75) is 70.8 Å². The van der Waals surface area contributed by atoms with Gasteiger partial charge in [0.1, 0.15) is 0 Å². The van der Waals surface area contributed by atoms with Gasteiger partial charge in [-0.2, -0.15) is 0 Å². The van der Waals surface area contributed by atoms with E-state index in [0.717, 1.165) is 42.4 Å². The Morgan fingerprint density at radius 1 is 1.18 bits per heavy atom. The SMILES string of the molecule is C=C1C(=C)[C@@H]2[C@H](CC[C@@]3(C)[C@H]2CC[C@]3(O)CCC(=O)O)[C@@]2(C)CCC(=O)C=C12. The van der Waals surface area contributed by atoms with E-state index in [1.807, 2.05) is 0 Å². The summed E-state index contributed by atoms with van der Waals surface area (Å²) in [6.07, 6.45) is 7.00. The molecule has 0 amide bonds. The molecule has 0 saturated heterocycles. The number of carboxylic acids is 1. The molecule has 0 aromatic carbocycles. The highest BCUT2D eigenvalue weighted by Gasteiger charge is 2.64. The predicted molar refractivity (Wildman–Crippen MR) is 108 cm³/mol. The number of aliphatic carboxylic acids is 1. The summed E-state index contributed by atoms with van der Waals surface area (Å²) in [5.74, 6) is 0.277. The van der Waals surface area contributed by atoms with Crippen molar-refractivity contribution in [3.63, 3.8) is 0 Å². The molecule has 0 aromatic heterocycles. The summed E-state index contributed by atoms with van der Waals surface area (Å²) in [4.78, 5) is 23.2. The average molecular weight is 385 g/mol. The Hall–Kier alpha value is -1.68. The highest BCUT2D eigenvalue weighted by molar-refractivity contribution is 5.93. The second-order valence-corrected chi connectivity index (χ2v) is 10.1. The third-order valence-corrected chi connectivity index (χ3v) is 9.09. The van der Waals surface area contributed by atoms with E-state index in [1.54, 1.807) is 6.08 Å². The van der Waals surface area contributed by atoms with Gasteiger partial charge in [0, 0.05) is 12.8 Å². The molecule has 4 heteroatoms. The molecule has 152 valence electrons. The van der Waals surface area contributed by atoms with Gasteiger partial charge in [-0.25, -0.2) is 0 Å². The van der Waals surface area contributed by atoms with Crippen molar-refractivity contribution in [1.82, 2.24) is 0 Å². The number of ketones is 1. The molecule has 4 aliphatic carbocycles. The van der Waals surface area contributed by atoms with E-state index in [0.29, 0.717) is 25.2 Å². The zero-order valence-corrected chi connectivity index (χ0v) is 17.1. The smallest absolute Gasteiger partial charge is 0.303 e. The van der Waals surface area contributed by atoms with Crippen LogP contribution in [0.15, 0.2) is 36.0 Å². The molecule has 0 aromatic rings. The van der Waals surface area contributed by atoms with Gasteiger partial charge in [0.25, 0.3) is 0 Å². The van der Waals surface area contributed by atoms with Crippen LogP contribution in [0.2, 0.25) is 0 Å². The van der Waals surface area contributed by atoms with Gasteiger partial charge >= 0.3 is 5.97 Å². The van der Waals surface area contributed by atoms with E-state index in [4.69, 9.17) is 5.11 Å². The average Bonchev–Trinajstić information content (AvgIpc) is 2.91. The number of carboxylic acid groups (broad SMARTS) is 1. The Bertz CT molecular complexity index is 807. The van der Waals surface area contributed by atoms with Crippen LogP contribution in [0, 0.1) is 28.6 Å². The summed E-state index contributed by atoms with van der Waals surface area (Å²) in [6, 6.07) is 0. The number of fused-ring (bicyclic) bond motifs is 5. The molecule has 3 saturated carbocycles. The molecule has 0 bridgehead atoms. The van der Waals surface area contributed by atoms with Crippen LogP contribution in [-0.4, -0.2) is 27.6 Å². The summed E-state index contributed by atoms with van der Waals surface area (Å²) >= 11 is 0. The molecule has 0 unspecified atom stereocenters. The van der Waals surface area contributed by atoms with Crippen LogP contribution in [0.3, 0.4) is 0 Å². The molecule has 28 heavy (non-hydrogen) atoms.